The zero-order valence-corrected chi connectivity index (χ0v) is 24.3. The van der Waals surface area contributed by atoms with Crippen molar-refractivity contribution < 1.29 is 4.79 Å². The summed E-state index contributed by atoms with van der Waals surface area (Å²) >= 11 is 12.8. The number of nitrogens with zero attached hydrogens (tertiary/aromatic N) is 3. The van der Waals surface area contributed by atoms with Crippen molar-refractivity contribution >= 4 is 51.5 Å². The van der Waals surface area contributed by atoms with Gasteiger partial charge in [-0.1, -0.05) is 60.1 Å². The van der Waals surface area contributed by atoms with E-state index in [2.05, 4.69) is 51.4 Å². The van der Waals surface area contributed by atoms with Crippen molar-refractivity contribution in [3.05, 3.63) is 106 Å². The van der Waals surface area contributed by atoms with E-state index < -0.39 is 0 Å². The van der Waals surface area contributed by atoms with E-state index in [1.54, 1.807) is 12.1 Å². The van der Waals surface area contributed by atoms with Gasteiger partial charge in [0.25, 0.3) is 5.91 Å². The molecule has 0 bridgehead atoms. The highest BCUT2D eigenvalue weighted by atomic mass is 35.5. The number of aryl methyl sites for hydroxylation is 2. The summed E-state index contributed by atoms with van der Waals surface area (Å²) in [6.07, 6.45) is 5.38. The molecule has 1 saturated heterocycles. The van der Waals surface area contributed by atoms with Crippen LogP contribution in [0.4, 0.5) is 11.5 Å². The van der Waals surface area contributed by atoms with E-state index >= 15 is 0 Å². The van der Waals surface area contributed by atoms with Gasteiger partial charge in [0.15, 0.2) is 0 Å². The molecule has 6 nitrogen and oxygen atoms in total. The number of benzene rings is 3. The third-order valence-corrected chi connectivity index (χ3v) is 8.11. The van der Waals surface area contributed by atoms with Crippen molar-refractivity contribution in [2.45, 2.75) is 51.6 Å². The van der Waals surface area contributed by atoms with Crippen LogP contribution >= 0.6 is 23.2 Å². The summed E-state index contributed by atoms with van der Waals surface area (Å²) in [7, 11) is 0. The number of carbonyl (C=O) groups is 1. The van der Waals surface area contributed by atoms with E-state index in [-0.39, 0.29) is 18.0 Å². The maximum absolute atomic E-state index is 13.7. The van der Waals surface area contributed by atoms with Crippen LogP contribution in [0, 0.1) is 6.92 Å². The van der Waals surface area contributed by atoms with Crippen LogP contribution in [0.25, 0.3) is 10.9 Å². The molecule has 40 heavy (non-hydrogen) atoms. The number of halogens is 2. The molecular weight excluding hydrogens is 541 g/mol. The largest absolute Gasteiger partial charge is 0.361 e. The third-order valence-electron chi connectivity index (χ3n) is 7.56. The highest BCUT2D eigenvalue weighted by molar-refractivity contribution is 6.35. The molecule has 0 aliphatic carbocycles. The zero-order valence-electron chi connectivity index (χ0n) is 22.8. The number of rotatable bonds is 9. The standard InChI is InChI=1S/C32H33Cl2N5O/c1-20-16-24(33)12-14-29(20)37-21(2)22(3)38-31-27-17-28(34)26(18-30(27)35-19-36-31)32(40)39-15-7-10-25(39)13-11-23-8-5-4-6-9-23/h4-6,8-9,12,14,16-19,22,25,37H,2,7,10-11,13,15H2,1,3H3,(H,35,36,38). The minimum absolute atomic E-state index is 0.0418. The number of hydrogen-bond donors (Lipinski definition) is 2. The number of nitrogens with one attached hydrogen (secondary N) is 2. The van der Waals surface area contributed by atoms with E-state index in [4.69, 9.17) is 23.2 Å². The molecule has 3 aromatic carbocycles. The van der Waals surface area contributed by atoms with Gasteiger partial charge in [0.05, 0.1) is 22.1 Å². The Morgan fingerprint density at radius 3 is 2.70 bits per heavy atom. The van der Waals surface area contributed by atoms with Crippen LogP contribution in [-0.4, -0.2) is 39.4 Å². The Balaban J connectivity index is 1.31. The van der Waals surface area contributed by atoms with Gasteiger partial charge in [0, 0.05) is 34.4 Å². The minimum Gasteiger partial charge on any atom is -0.361 e. The minimum atomic E-state index is -0.164. The van der Waals surface area contributed by atoms with Gasteiger partial charge in [0.1, 0.15) is 12.1 Å². The Morgan fingerprint density at radius 2 is 1.93 bits per heavy atom. The predicted octanol–water partition coefficient (Wildman–Crippen LogP) is 7.91. The van der Waals surface area contributed by atoms with Gasteiger partial charge in [-0.3, -0.25) is 4.79 Å². The SMILES string of the molecule is C=C(Nc1ccc(Cl)cc1C)C(C)Nc1ncnc2cc(C(=O)N3CCCC3CCc3ccccc3)c(Cl)cc12. The highest BCUT2D eigenvalue weighted by Gasteiger charge is 2.30. The number of likely N-dealkylation sites (tertiary alicyclic amines) is 1. The lowest BCUT2D eigenvalue weighted by molar-refractivity contribution is 0.0731. The summed E-state index contributed by atoms with van der Waals surface area (Å²) in [5.41, 5.74) is 5.15. The Kier molecular flexibility index (Phi) is 8.57. The first-order valence-corrected chi connectivity index (χ1v) is 14.3. The average Bonchev–Trinajstić information content (AvgIpc) is 3.42. The molecule has 1 fully saturated rings. The summed E-state index contributed by atoms with van der Waals surface area (Å²) in [6.45, 7) is 8.93. The van der Waals surface area contributed by atoms with Crippen molar-refractivity contribution in [2.24, 2.45) is 0 Å². The van der Waals surface area contributed by atoms with Crippen LogP contribution < -0.4 is 10.6 Å². The van der Waals surface area contributed by atoms with Crippen LogP contribution in [0.2, 0.25) is 10.0 Å². The molecule has 5 rings (SSSR count). The molecule has 2 atom stereocenters. The van der Waals surface area contributed by atoms with Gasteiger partial charge in [-0.2, -0.15) is 0 Å². The molecule has 206 valence electrons. The van der Waals surface area contributed by atoms with Crippen molar-refractivity contribution in [3.8, 4) is 0 Å². The average molecular weight is 575 g/mol. The first-order valence-electron chi connectivity index (χ1n) is 13.6. The fraction of sp³-hybridized carbons (Fsp3) is 0.281. The molecular formula is C32H33Cl2N5O. The Labute approximate surface area is 245 Å². The fourth-order valence-electron chi connectivity index (χ4n) is 5.23. The second-order valence-electron chi connectivity index (χ2n) is 10.4. The molecule has 2 unspecified atom stereocenters. The predicted molar refractivity (Wildman–Crippen MR) is 165 cm³/mol. The highest BCUT2D eigenvalue weighted by Crippen LogP contribution is 2.31. The Bertz CT molecular complexity index is 1540. The summed E-state index contributed by atoms with van der Waals surface area (Å²) < 4.78 is 0. The Hall–Kier alpha value is -3.61. The molecule has 2 N–H and O–H groups in total. The quantitative estimate of drug-likeness (QED) is 0.213. The van der Waals surface area contributed by atoms with Crippen LogP contribution in [0.15, 0.2) is 79.3 Å². The second-order valence-corrected chi connectivity index (χ2v) is 11.2. The van der Waals surface area contributed by atoms with E-state index in [1.165, 1.54) is 11.9 Å². The lowest BCUT2D eigenvalue weighted by Crippen LogP contribution is -2.36. The van der Waals surface area contributed by atoms with Crippen LogP contribution in [0.3, 0.4) is 0 Å². The molecule has 1 amide bonds. The number of hydrogen-bond acceptors (Lipinski definition) is 5. The molecule has 0 saturated carbocycles. The van der Waals surface area contributed by atoms with Gasteiger partial charge < -0.3 is 15.5 Å². The zero-order chi connectivity index (χ0) is 28.2. The molecule has 0 spiro atoms. The van der Waals surface area contributed by atoms with E-state index in [0.717, 1.165) is 54.6 Å². The topological polar surface area (TPSA) is 70.1 Å². The van der Waals surface area contributed by atoms with Gasteiger partial charge in [-0.05, 0) is 81.0 Å². The first-order chi connectivity index (χ1) is 19.3. The number of anilines is 2. The summed E-state index contributed by atoms with van der Waals surface area (Å²) in [4.78, 5) is 24.6. The molecule has 1 aliphatic rings. The molecule has 1 aromatic heterocycles. The smallest absolute Gasteiger partial charge is 0.255 e. The van der Waals surface area contributed by atoms with Gasteiger partial charge in [-0.25, -0.2) is 9.97 Å². The molecule has 0 radical (unpaired) electrons. The molecule has 1 aliphatic heterocycles. The van der Waals surface area contributed by atoms with Crippen molar-refractivity contribution in [1.82, 2.24) is 14.9 Å². The number of carbonyl (C=O) groups excluding carboxylic acids is 1. The van der Waals surface area contributed by atoms with Gasteiger partial charge in [0.2, 0.25) is 0 Å². The third kappa shape index (κ3) is 6.24. The monoisotopic (exact) mass is 573 g/mol. The maximum Gasteiger partial charge on any atom is 0.255 e. The fourth-order valence-corrected chi connectivity index (χ4v) is 5.70. The summed E-state index contributed by atoms with van der Waals surface area (Å²) in [5.74, 6) is 0.580. The Morgan fingerprint density at radius 1 is 1.12 bits per heavy atom. The summed E-state index contributed by atoms with van der Waals surface area (Å²) in [5, 5.41) is 8.60. The second kappa shape index (κ2) is 12.3. The molecule has 4 aromatic rings. The van der Waals surface area contributed by atoms with Crippen molar-refractivity contribution in [3.63, 3.8) is 0 Å². The normalized spacial score (nSPS) is 15.7. The van der Waals surface area contributed by atoms with E-state index in [9.17, 15) is 4.79 Å². The van der Waals surface area contributed by atoms with Crippen LogP contribution in [-0.2, 0) is 6.42 Å². The molecule has 8 heteroatoms. The lowest BCUT2D eigenvalue weighted by atomic mass is 10.0. The first kappa shape index (κ1) is 27.9. The van der Waals surface area contributed by atoms with Crippen LogP contribution in [0.1, 0.15) is 47.7 Å². The lowest BCUT2D eigenvalue weighted by Gasteiger charge is -2.25. The molecule has 2 heterocycles. The van der Waals surface area contributed by atoms with Crippen molar-refractivity contribution in [2.75, 3.05) is 17.2 Å². The number of aromatic nitrogens is 2. The number of amides is 1. The van der Waals surface area contributed by atoms with Gasteiger partial charge in [-0.15, -0.1) is 0 Å². The van der Waals surface area contributed by atoms with Crippen LogP contribution in [0.5, 0.6) is 0 Å². The van der Waals surface area contributed by atoms with E-state index in [1.807, 2.05) is 43.0 Å². The number of fused-ring (bicyclic) bond motifs is 1. The maximum atomic E-state index is 13.7. The summed E-state index contributed by atoms with van der Waals surface area (Å²) in [6, 6.07) is 19.7. The van der Waals surface area contributed by atoms with Crippen molar-refractivity contribution in [1.29, 1.82) is 0 Å². The van der Waals surface area contributed by atoms with Gasteiger partial charge >= 0.3 is 0 Å². The van der Waals surface area contributed by atoms with E-state index in [0.29, 0.717) is 26.9 Å².